The Hall–Kier alpha value is -2.83. The van der Waals surface area contributed by atoms with Crippen LogP contribution in [-0.4, -0.2) is 41.7 Å². The van der Waals surface area contributed by atoms with E-state index in [2.05, 4.69) is 33.2 Å². The number of carbonyl (C=O) groups excluding carboxylic acids is 1. The number of piperidine rings is 1. The lowest BCUT2D eigenvalue weighted by atomic mass is 9.96. The number of amides is 1. The van der Waals surface area contributed by atoms with Crippen LogP contribution >= 0.6 is 0 Å². The van der Waals surface area contributed by atoms with Gasteiger partial charge >= 0.3 is 0 Å². The van der Waals surface area contributed by atoms with Crippen LogP contribution in [0.5, 0.6) is 11.5 Å². The van der Waals surface area contributed by atoms with Gasteiger partial charge in [0.1, 0.15) is 17.6 Å². The van der Waals surface area contributed by atoms with Crippen molar-refractivity contribution in [2.24, 2.45) is 5.92 Å². The lowest BCUT2D eigenvalue weighted by Crippen LogP contribution is -2.41. The van der Waals surface area contributed by atoms with E-state index in [0.29, 0.717) is 13.2 Å². The molecule has 29 heavy (non-hydrogen) atoms. The van der Waals surface area contributed by atoms with Crippen LogP contribution in [0.2, 0.25) is 0 Å². The Balaban J connectivity index is 1.35. The van der Waals surface area contributed by atoms with Crippen molar-refractivity contribution in [2.75, 3.05) is 24.6 Å². The Morgan fingerprint density at radius 2 is 2.03 bits per heavy atom. The average molecular weight is 396 g/mol. The number of nitrogens with zero attached hydrogens (tertiary/aromatic N) is 3. The van der Waals surface area contributed by atoms with E-state index < -0.39 is 0 Å². The molecule has 0 spiro atoms. The zero-order valence-electron chi connectivity index (χ0n) is 17.1. The molecule has 7 nitrogen and oxygen atoms in total. The van der Waals surface area contributed by atoms with Gasteiger partial charge in [-0.15, -0.1) is 0 Å². The number of nitrogens with one attached hydrogen (secondary N) is 1. The van der Waals surface area contributed by atoms with Gasteiger partial charge in [0.15, 0.2) is 0 Å². The highest BCUT2D eigenvalue weighted by molar-refractivity contribution is 5.79. The smallest absolute Gasteiger partial charge is 0.225 e. The second-order valence-electron chi connectivity index (χ2n) is 7.66. The van der Waals surface area contributed by atoms with E-state index in [1.165, 1.54) is 5.56 Å². The van der Waals surface area contributed by atoms with Crippen molar-refractivity contribution in [3.63, 3.8) is 0 Å². The average Bonchev–Trinajstić information content (AvgIpc) is 3.11. The fourth-order valence-corrected chi connectivity index (χ4v) is 4.03. The molecule has 1 fully saturated rings. The lowest BCUT2D eigenvalue weighted by molar-refractivity contribution is -0.125. The summed E-state index contributed by atoms with van der Waals surface area (Å²) in [6.07, 6.45) is 6.17. The zero-order chi connectivity index (χ0) is 20.2. The third-order valence-corrected chi connectivity index (χ3v) is 5.53. The minimum Gasteiger partial charge on any atom is -0.494 e. The molecule has 2 aliphatic heterocycles. The van der Waals surface area contributed by atoms with E-state index in [9.17, 15) is 4.79 Å². The predicted octanol–water partition coefficient (Wildman–Crippen LogP) is 2.73. The van der Waals surface area contributed by atoms with Crippen LogP contribution in [0.4, 0.5) is 5.95 Å². The number of hydrogen-bond donors (Lipinski definition) is 1. The molecule has 0 aliphatic carbocycles. The molecule has 2 aliphatic rings. The van der Waals surface area contributed by atoms with Crippen LogP contribution in [0.3, 0.4) is 0 Å². The molecule has 0 bridgehead atoms. The van der Waals surface area contributed by atoms with Crippen molar-refractivity contribution in [2.45, 2.75) is 45.8 Å². The molecule has 2 aromatic rings. The SMILES string of the molecule is CCOc1cc2c(cc1CNC(=O)C1CCN(c3ncccn3)CC1)OC(C)C2. The number of aromatic nitrogens is 2. The molecule has 0 radical (unpaired) electrons. The summed E-state index contributed by atoms with van der Waals surface area (Å²) in [7, 11) is 0. The van der Waals surface area contributed by atoms with Crippen molar-refractivity contribution in [1.29, 1.82) is 0 Å². The van der Waals surface area contributed by atoms with Gasteiger partial charge in [0.2, 0.25) is 11.9 Å². The predicted molar refractivity (Wildman–Crippen MR) is 110 cm³/mol. The van der Waals surface area contributed by atoms with E-state index in [0.717, 1.165) is 55.4 Å². The Morgan fingerprint density at radius 3 is 2.76 bits per heavy atom. The number of fused-ring (bicyclic) bond motifs is 1. The van der Waals surface area contributed by atoms with E-state index in [4.69, 9.17) is 9.47 Å². The van der Waals surface area contributed by atoms with Gasteiger partial charge in [0, 0.05) is 55.5 Å². The highest BCUT2D eigenvalue weighted by atomic mass is 16.5. The van der Waals surface area contributed by atoms with Gasteiger partial charge < -0.3 is 19.7 Å². The Morgan fingerprint density at radius 1 is 1.28 bits per heavy atom. The topological polar surface area (TPSA) is 76.6 Å². The maximum atomic E-state index is 12.7. The lowest BCUT2D eigenvalue weighted by Gasteiger charge is -2.31. The second kappa shape index (κ2) is 8.68. The maximum absolute atomic E-state index is 12.7. The number of carbonyl (C=O) groups is 1. The third kappa shape index (κ3) is 4.44. The van der Waals surface area contributed by atoms with Crippen LogP contribution in [0.15, 0.2) is 30.6 Å². The van der Waals surface area contributed by atoms with Crippen molar-refractivity contribution in [3.8, 4) is 11.5 Å². The molecule has 7 heteroatoms. The standard InChI is InChI=1S/C22H28N4O3/c1-3-28-19-12-17-11-15(2)29-20(17)13-18(19)14-25-21(27)16-5-9-26(10-6-16)22-23-7-4-8-24-22/h4,7-8,12-13,15-16H,3,5-6,9-11,14H2,1-2H3,(H,25,27). The maximum Gasteiger partial charge on any atom is 0.225 e. The van der Waals surface area contributed by atoms with Gasteiger partial charge in [-0.3, -0.25) is 4.79 Å². The summed E-state index contributed by atoms with van der Waals surface area (Å²) >= 11 is 0. The highest BCUT2D eigenvalue weighted by Gasteiger charge is 2.27. The minimum absolute atomic E-state index is 0.0104. The molecule has 4 rings (SSSR count). The van der Waals surface area contributed by atoms with E-state index >= 15 is 0 Å². The Kier molecular flexibility index (Phi) is 5.83. The second-order valence-corrected chi connectivity index (χ2v) is 7.66. The molecule has 1 atom stereocenters. The molecule has 1 N–H and O–H groups in total. The third-order valence-electron chi connectivity index (χ3n) is 5.53. The molecule has 154 valence electrons. The number of ether oxygens (including phenoxy) is 2. The minimum atomic E-state index is 0.0104. The normalized spacial score (nSPS) is 18.8. The van der Waals surface area contributed by atoms with Crippen LogP contribution in [-0.2, 0) is 17.8 Å². The summed E-state index contributed by atoms with van der Waals surface area (Å²) in [5.74, 6) is 2.58. The first kappa shape index (κ1) is 19.5. The molecule has 1 unspecified atom stereocenters. The van der Waals surface area contributed by atoms with Crippen LogP contribution in [0.1, 0.15) is 37.8 Å². The van der Waals surface area contributed by atoms with Gasteiger partial charge in [-0.1, -0.05) is 0 Å². The summed E-state index contributed by atoms with van der Waals surface area (Å²) < 4.78 is 11.7. The zero-order valence-corrected chi connectivity index (χ0v) is 17.1. The monoisotopic (exact) mass is 396 g/mol. The summed E-state index contributed by atoms with van der Waals surface area (Å²) in [5, 5.41) is 3.10. The molecule has 1 saturated heterocycles. The summed E-state index contributed by atoms with van der Waals surface area (Å²) in [6, 6.07) is 5.88. The van der Waals surface area contributed by atoms with Crippen molar-refractivity contribution in [3.05, 3.63) is 41.7 Å². The Bertz CT molecular complexity index is 851. The van der Waals surface area contributed by atoms with E-state index in [1.54, 1.807) is 12.4 Å². The molecule has 1 amide bonds. The Labute approximate surface area is 171 Å². The van der Waals surface area contributed by atoms with Gasteiger partial charge in [-0.05, 0) is 44.9 Å². The van der Waals surface area contributed by atoms with Crippen molar-refractivity contribution in [1.82, 2.24) is 15.3 Å². The van der Waals surface area contributed by atoms with E-state index in [-0.39, 0.29) is 17.9 Å². The summed E-state index contributed by atoms with van der Waals surface area (Å²) in [6.45, 7) is 6.65. The first-order valence-corrected chi connectivity index (χ1v) is 10.4. The van der Waals surface area contributed by atoms with Crippen LogP contribution in [0, 0.1) is 5.92 Å². The van der Waals surface area contributed by atoms with Gasteiger partial charge in [-0.2, -0.15) is 0 Å². The largest absolute Gasteiger partial charge is 0.494 e. The molecular weight excluding hydrogens is 368 g/mol. The number of rotatable bonds is 6. The van der Waals surface area contributed by atoms with Crippen LogP contribution in [0.25, 0.3) is 0 Å². The van der Waals surface area contributed by atoms with Gasteiger partial charge in [-0.25, -0.2) is 9.97 Å². The molecular formula is C22H28N4O3. The molecule has 1 aromatic carbocycles. The molecule has 1 aromatic heterocycles. The van der Waals surface area contributed by atoms with Gasteiger partial charge in [0.05, 0.1) is 6.61 Å². The number of hydrogen-bond acceptors (Lipinski definition) is 6. The van der Waals surface area contributed by atoms with E-state index in [1.807, 2.05) is 19.1 Å². The quantitative estimate of drug-likeness (QED) is 0.809. The summed E-state index contributed by atoms with van der Waals surface area (Å²) in [4.78, 5) is 23.5. The fraction of sp³-hybridized carbons (Fsp3) is 0.500. The first-order chi connectivity index (χ1) is 14.1. The molecule has 3 heterocycles. The fourth-order valence-electron chi connectivity index (χ4n) is 4.03. The molecule has 0 saturated carbocycles. The number of anilines is 1. The van der Waals surface area contributed by atoms with Crippen LogP contribution < -0.4 is 19.7 Å². The highest BCUT2D eigenvalue weighted by Crippen LogP contribution is 2.35. The summed E-state index contributed by atoms with van der Waals surface area (Å²) in [5.41, 5.74) is 2.13. The van der Waals surface area contributed by atoms with Crippen molar-refractivity contribution < 1.29 is 14.3 Å². The van der Waals surface area contributed by atoms with Crippen molar-refractivity contribution >= 4 is 11.9 Å². The van der Waals surface area contributed by atoms with Gasteiger partial charge in [0.25, 0.3) is 0 Å². The number of benzene rings is 1. The first-order valence-electron chi connectivity index (χ1n) is 10.4.